The fraction of sp³-hybridized carbons (Fsp3) is 0.688. The Morgan fingerprint density at radius 2 is 2.29 bits per heavy atom. The standard InChI is InChI=1S/C16H24N4O4/c1-22-4-3-17-15(21)6-12-5-11-8-20(9-13(11)24-12)14-7-16(23-2)19-10-18-14/h7,10-13H,3-6,8-9H2,1-2H3,(H,17,21)/t11-,12-,13-/m1/s1. The highest BCUT2D eigenvalue weighted by Gasteiger charge is 2.42. The Kier molecular flexibility index (Phi) is 5.47. The van der Waals surface area contributed by atoms with E-state index in [1.165, 1.54) is 6.33 Å². The Morgan fingerprint density at radius 1 is 1.42 bits per heavy atom. The van der Waals surface area contributed by atoms with Crippen molar-refractivity contribution in [2.24, 2.45) is 5.92 Å². The fourth-order valence-electron chi connectivity index (χ4n) is 3.37. The Bertz CT molecular complexity index is 557. The van der Waals surface area contributed by atoms with Crippen LogP contribution in [0.15, 0.2) is 12.4 Å². The molecule has 1 aromatic heterocycles. The van der Waals surface area contributed by atoms with Crippen molar-refractivity contribution >= 4 is 11.7 Å². The average molecular weight is 336 g/mol. The van der Waals surface area contributed by atoms with Crippen molar-refractivity contribution in [2.45, 2.75) is 25.0 Å². The second-order valence-corrected chi connectivity index (χ2v) is 6.16. The highest BCUT2D eigenvalue weighted by molar-refractivity contribution is 5.76. The van der Waals surface area contributed by atoms with Crippen molar-refractivity contribution in [3.05, 3.63) is 12.4 Å². The molecule has 1 aromatic rings. The van der Waals surface area contributed by atoms with Gasteiger partial charge in [-0.25, -0.2) is 9.97 Å². The second-order valence-electron chi connectivity index (χ2n) is 6.16. The van der Waals surface area contributed by atoms with E-state index in [0.717, 1.165) is 25.3 Å². The molecule has 0 radical (unpaired) electrons. The molecule has 1 amide bonds. The van der Waals surface area contributed by atoms with E-state index in [4.69, 9.17) is 14.2 Å². The number of aromatic nitrogens is 2. The van der Waals surface area contributed by atoms with Gasteiger partial charge in [-0.1, -0.05) is 0 Å². The number of hydrogen-bond acceptors (Lipinski definition) is 7. The number of amides is 1. The maximum absolute atomic E-state index is 11.9. The highest BCUT2D eigenvalue weighted by Crippen LogP contribution is 2.36. The lowest BCUT2D eigenvalue weighted by atomic mass is 10.0. The van der Waals surface area contributed by atoms with Gasteiger partial charge in [-0.3, -0.25) is 4.79 Å². The van der Waals surface area contributed by atoms with Gasteiger partial charge in [-0.2, -0.15) is 0 Å². The summed E-state index contributed by atoms with van der Waals surface area (Å²) in [5.74, 6) is 1.87. The van der Waals surface area contributed by atoms with Crippen molar-refractivity contribution < 1.29 is 19.0 Å². The predicted octanol–water partition coefficient (Wildman–Crippen LogP) is 0.232. The van der Waals surface area contributed by atoms with Crippen molar-refractivity contribution in [3.8, 4) is 5.88 Å². The van der Waals surface area contributed by atoms with Gasteiger partial charge in [0.25, 0.3) is 0 Å². The van der Waals surface area contributed by atoms with Gasteiger partial charge in [0.2, 0.25) is 11.8 Å². The summed E-state index contributed by atoms with van der Waals surface area (Å²) < 4.78 is 16.1. The molecule has 24 heavy (non-hydrogen) atoms. The molecule has 0 spiro atoms. The van der Waals surface area contributed by atoms with Crippen molar-refractivity contribution in [2.75, 3.05) is 45.4 Å². The van der Waals surface area contributed by atoms with Crippen LogP contribution in [0.25, 0.3) is 0 Å². The number of carbonyl (C=O) groups is 1. The summed E-state index contributed by atoms with van der Waals surface area (Å²) in [6.45, 7) is 2.73. The molecule has 0 aliphatic carbocycles. The minimum atomic E-state index is 0.00429. The number of methoxy groups -OCH3 is 2. The molecule has 2 aliphatic heterocycles. The van der Waals surface area contributed by atoms with E-state index in [2.05, 4.69) is 20.2 Å². The van der Waals surface area contributed by atoms with E-state index in [-0.39, 0.29) is 18.1 Å². The Balaban J connectivity index is 1.48. The minimum absolute atomic E-state index is 0.00429. The third-order valence-electron chi connectivity index (χ3n) is 4.52. The van der Waals surface area contributed by atoms with Crippen LogP contribution in [-0.4, -0.2) is 68.5 Å². The number of nitrogens with one attached hydrogen (secondary N) is 1. The lowest BCUT2D eigenvalue weighted by molar-refractivity contribution is -0.123. The van der Waals surface area contributed by atoms with Crippen molar-refractivity contribution in [1.82, 2.24) is 15.3 Å². The van der Waals surface area contributed by atoms with Crippen LogP contribution in [-0.2, 0) is 14.3 Å². The fourth-order valence-corrected chi connectivity index (χ4v) is 3.37. The van der Waals surface area contributed by atoms with Crippen LogP contribution in [0.2, 0.25) is 0 Å². The second kappa shape index (κ2) is 7.76. The molecule has 3 heterocycles. The van der Waals surface area contributed by atoms with Crippen LogP contribution >= 0.6 is 0 Å². The molecular formula is C16H24N4O4. The van der Waals surface area contributed by atoms with Gasteiger partial charge in [-0.15, -0.1) is 0 Å². The quantitative estimate of drug-likeness (QED) is 0.714. The summed E-state index contributed by atoms with van der Waals surface area (Å²) >= 11 is 0. The summed E-state index contributed by atoms with van der Waals surface area (Å²) in [4.78, 5) is 22.4. The highest BCUT2D eigenvalue weighted by atomic mass is 16.5. The van der Waals surface area contributed by atoms with E-state index >= 15 is 0 Å². The number of ether oxygens (including phenoxy) is 3. The van der Waals surface area contributed by atoms with Gasteiger partial charge >= 0.3 is 0 Å². The smallest absolute Gasteiger partial charge is 0.222 e. The van der Waals surface area contributed by atoms with Crippen molar-refractivity contribution in [1.29, 1.82) is 0 Å². The van der Waals surface area contributed by atoms with Gasteiger partial charge in [0.15, 0.2) is 0 Å². The molecule has 1 N–H and O–H groups in total. The van der Waals surface area contributed by atoms with Crippen LogP contribution in [0.4, 0.5) is 5.82 Å². The third-order valence-corrected chi connectivity index (χ3v) is 4.52. The monoisotopic (exact) mass is 336 g/mol. The number of hydrogen-bond donors (Lipinski definition) is 1. The third kappa shape index (κ3) is 3.93. The molecule has 2 aliphatic rings. The topological polar surface area (TPSA) is 85.8 Å². The van der Waals surface area contributed by atoms with E-state index < -0.39 is 0 Å². The van der Waals surface area contributed by atoms with E-state index in [0.29, 0.717) is 31.4 Å². The molecule has 8 heteroatoms. The zero-order valence-corrected chi connectivity index (χ0v) is 14.1. The van der Waals surface area contributed by atoms with E-state index in [9.17, 15) is 4.79 Å². The lowest BCUT2D eigenvalue weighted by Gasteiger charge is -2.20. The first kappa shape index (κ1) is 16.9. The zero-order valence-electron chi connectivity index (χ0n) is 14.1. The molecule has 2 fully saturated rings. The summed E-state index contributed by atoms with van der Waals surface area (Å²) in [6, 6.07) is 1.84. The number of fused-ring (bicyclic) bond motifs is 1. The van der Waals surface area contributed by atoms with E-state index in [1.54, 1.807) is 14.2 Å². The van der Waals surface area contributed by atoms with Crippen molar-refractivity contribution in [3.63, 3.8) is 0 Å². The number of rotatable bonds is 7. The first-order valence-electron chi connectivity index (χ1n) is 8.21. The largest absolute Gasteiger partial charge is 0.481 e. The van der Waals surface area contributed by atoms with Gasteiger partial charge in [0.1, 0.15) is 12.1 Å². The summed E-state index contributed by atoms with van der Waals surface area (Å²) in [5, 5.41) is 2.84. The van der Waals surface area contributed by atoms with Gasteiger partial charge in [-0.05, 0) is 6.42 Å². The number of carbonyl (C=O) groups excluding carboxylic acids is 1. The van der Waals surface area contributed by atoms with Crippen LogP contribution in [0, 0.1) is 5.92 Å². The molecule has 2 saturated heterocycles. The minimum Gasteiger partial charge on any atom is -0.481 e. The van der Waals surface area contributed by atoms with Gasteiger partial charge in [0, 0.05) is 38.7 Å². The Labute approximate surface area is 141 Å². The van der Waals surface area contributed by atoms with Gasteiger partial charge < -0.3 is 24.4 Å². The van der Waals surface area contributed by atoms with Crippen LogP contribution in [0.1, 0.15) is 12.8 Å². The normalized spacial score (nSPS) is 25.6. The lowest BCUT2D eigenvalue weighted by Crippen LogP contribution is -2.31. The SMILES string of the molecule is COCCNC(=O)C[C@H]1C[C@@H]2CN(c3cc(OC)ncn3)C[C@H]2O1. The van der Waals surface area contributed by atoms with Crippen LogP contribution < -0.4 is 15.0 Å². The summed E-state index contributed by atoms with van der Waals surface area (Å²) in [5.41, 5.74) is 0. The molecule has 0 unspecified atom stereocenters. The predicted molar refractivity (Wildman–Crippen MR) is 87.1 cm³/mol. The molecule has 8 nitrogen and oxygen atoms in total. The van der Waals surface area contributed by atoms with Gasteiger partial charge in [0.05, 0.1) is 32.3 Å². The number of anilines is 1. The molecule has 3 atom stereocenters. The Morgan fingerprint density at radius 3 is 3.04 bits per heavy atom. The molecule has 0 aromatic carbocycles. The summed E-state index contributed by atoms with van der Waals surface area (Å²) in [6.07, 6.45) is 2.99. The van der Waals surface area contributed by atoms with E-state index in [1.807, 2.05) is 6.07 Å². The summed E-state index contributed by atoms with van der Waals surface area (Å²) in [7, 11) is 3.21. The van der Waals surface area contributed by atoms with Crippen LogP contribution in [0.3, 0.4) is 0 Å². The maximum Gasteiger partial charge on any atom is 0.222 e. The maximum atomic E-state index is 11.9. The number of nitrogens with zero attached hydrogens (tertiary/aromatic N) is 3. The molecule has 3 rings (SSSR count). The molecule has 0 saturated carbocycles. The Hall–Kier alpha value is -1.93. The first-order valence-corrected chi connectivity index (χ1v) is 8.21. The zero-order chi connectivity index (χ0) is 16.9. The van der Waals surface area contributed by atoms with Crippen LogP contribution in [0.5, 0.6) is 5.88 Å². The first-order chi connectivity index (χ1) is 11.7. The molecular weight excluding hydrogens is 312 g/mol. The average Bonchev–Trinajstić information content (AvgIpc) is 3.13. The molecule has 0 bridgehead atoms. The molecule has 132 valence electrons.